The topological polar surface area (TPSA) is 131 Å². The fourth-order valence-electron chi connectivity index (χ4n) is 5.25. The Kier molecular flexibility index (Phi) is 10.7. The maximum absolute atomic E-state index is 13.7. The lowest BCUT2D eigenvalue weighted by molar-refractivity contribution is 0.211. The van der Waals surface area contributed by atoms with E-state index >= 15 is 0 Å². The van der Waals surface area contributed by atoms with Crippen LogP contribution in [0.15, 0.2) is 67.3 Å². The average Bonchev–Trinajstić information content (AvgIpc) is 3.48. The highest BCUT2D eigenvalue weighted by molar-refractivity contribution is 5.91. The second-order valence-electron chi connectivity index (χ2n) is 11.4. The summed E-state index contributed by atoms with van der Waals surface area (Å²) in [6.45, 7) is 6.78. The van der Waals surface area contributed by atoms with Crippen molar-refractivity contribution in [2.45, 2.75) is 39.4 Å². The molecule has 1 unspecified atom stereocenters. The number of nitriles is 1. The van der Waals surface area contributed by atoms with Crippen LogP contribution >= 0.6 is 0 Å². The molecule has 4 heterocycles. The van der Waals surface area contributed by atoms with Gasteiger partial charge < -0.3 is 10.2 Å². The van der Waals surface area contributed by atoms with Gasteiger partial charge in [0.05, 0.1) is 12.4 Å². The molecule has 1 saturated heterocycles. The van der Waals surface area contributed by atoms with Crippen molar-refractivity contribution in [1.29, 1.82) is 5.26 Å². The number of alkyl halides is 1. The smallest absolute Gasteiger partial charge is 0.323 e. The Hall–Kier alpha value is -5.09. The molecule has 1 fully saturated rings. The quantitative estimate of drug-likeness (QED) is 0.190. The predicted octanol–water partition coefficient (Wildman–Crippen LogP) is 4.78. The third-order valence-electron chi connectivity index (χ3n) is 7.90. The molecule has 0 saturated carbocycles. The SMILES string of the molecule is CCCN(CCCN(C(=O)NCc1ccccc1)c1ccc(-c2cnn(C)c2)cn1)Nc1ncc(C#N)c(N2CC(C(C)F)C2)n1. The highest BCUT2D eigenvalue weighted by atomic mass is 19.1. The number of aromatic nitrogens is 5. The van der Waals surface area contributed by atoms with E-state index in [1.54, 1.807) is 28.9 Å². The Bertz CT molecular complexity index is 1610. The van der Waals surface area contributed by atoms with Crippen molar-refractivity contribution in [3.8, 4) is 17.2 Å². The zero-order valence-corrected chi connectivity index (χ0v) is 26.5. The van der Waals surface area contributed by atoms with Gasteiger partial charge in [-0.1, -0.05) is 37.3 Å². The summed E-state index contributed by atoms with van der Waals surface area (Å²) in [5.41, 5.74) is 6.50. The molecule has 2 N–H and O–H groups in total. The Morgan fingerprint density at radius 2 is 1.89 bits per heavy atom. The normalized spacial score (nSPS) is 13.6. The molecule has 1 atom stereocenters. The molecule has 1 aromatic carbocycles. The van der Waals surface area contributed by atoms with Gasteiger partial charge in [-0.15, -0.1) is 0 Å². The van der Waals surface area contributed by atoms with Crippen LogP contribution in [0.2, 0.25) is 0 Å². The number of halogens is 1. The van der Waals surface area contributed by atoms with Crippen molar-refractivity contribution in [3.63, 3.8) is 0 Å². The van der Waals surface area contributed by atoms with Crippen molar-refractivity contribution in [1.82, 2.24) is 35.1 Å². The molecule has 0 spiro atoms. The molecule has 12 nitrogen and oxygen atoms in total. The summed E-state index contributed by atoms with van der Waals surface area (Å²) in [5.74, 6) is 1.35. The molecular weight excluding hydrogens is 585 g/mol. The number of hydrazine groups is 1. The fourth-order valence-corrected chi connectivity index (χ4v) is 5.25. The van der Waals surface area contributed by atoms with E-state index in [9.17, 15) is 14.4 Å². The zero-order valence-electron chi connectivity index (χ0n) is 26.5. The van der Waals surface area contributed by atoms with Crippen molar-refractivity contribution < 1.29 is 9.18 Å². The van der Waals surface area contributed by atoms with Crippen molar-refractivity contribution >= 4 is 23.6 Å². The number of amides is 2. The number of aryl methyl sites for hydroxylation is 1. The maximum atomic E-state index is 13.7. The van der Waals surface area contributed by atoms with E-state index in [-0.39, 0.29) is 11.9 Å². The highest BCUT2D eigenvalue weighted by Crippen LogP contribution is 2.29. The number of carbonyl (C=O) groups is 1. The summed E-state index contributed by atoms with van der Waals surface area (Å²) < 4.78 is 15.5. The standard InChI is InChI=1S/C33H40FN11O/c1-4-13-44(41-32-37-19-27(16-35)31(40-32)43-22-29(23-43)24(2)34)14-8-15-45(33(46)38-17-25-9-6-5-7-10-25)30-12-11-26(18-36-30)28-20-39-42(3)21-28/h5-7,9-12,18-21,24,29H,4,8,13-15,17,22-23H2,1-3H3,(H,38,46)(H,37,40,41). The molecule has 5 rings (SSSR count). The molecule has 2 amide bonds. The van der Waals surface area contributed by atoms with E-state index in [1.165, 1.54) is 6.20 Å². The third-order valence-corrected chi connectivity index (χ3v) is 7.90. The third kappa shape index (κ3) is 8.13. The van der Waals surface area contributed by atoms with E-state index < -0.39 is 6.17 Å². The van der Waals surface area contributed by atoms with Crippen LogP contribution in [-0.2, 0) is 13.6 Å². The predicted molar refractivity (Wildman–Crippen MR) is 176 cm³/mol. The average molecular weight is 626 g/mol. The first-order valence-electron chi connectivity index (χ1n) is 15.6. The molecule has 0 radical (unpaired) electrons. The number of urea groups is 1. The van der Waals surface area contributed by atoms with Gasteiger partial charge in [-0.05, 0) is 37.5 Å². The highest BCUT2D eigenvalue weighted by Gasteiger charge is 2.33. The van der Waals surface area contributed by atoms with Crippen LogP contribution in [0, 0.1) is 17.2 Å². The molecule has 240 valence electrons. The lowest BCUT2D eigenvalue weighted by Gasteiger charge is -2.41. The van der Waals surface area contributed by atoms with Crippen LogP contribution in [0.3, 0.4) is 0 Å². The lowest BCUT2D eigenvalue weighted by atomic mass is 9.95. The van der Waals surface area contributed by atoms with Gasteiger partial charge in [0.25, 0.3) is 0 Å². The van der Waals surface area contributed by atoms with Crippen LogP contribution in [0.4, 0.5) is 26.8 Å². The summed E-state index contributed by atoms with van der Waals surface area (Å²) in [4.78, 5) is 30.7. The van der Waals surface area contributed by atoms with E-state index in [0.717, 1.165) is 23.1 Å². The molecule has 3 aromatic heterocycles. The van der Waals surface area contributed by atoms with Gasteiger partial charge in [0, 0.05) is 75.8 Å². The summed E-state index contributed by atoms with van der Waals surface area (Å²) >= 11 is 0. The number of carbonyl (C=O) groups excluding carboxylic acids is 1. The summed E-state index contributed by atoms with van der Waals surface area (Å²) in [5, 5.41) is 18.9. The molecule has 1 aliphatic rings. The molecule has 46 heavy (non-hydrogen) atoms. The molecule has 0 bridgehead atoms. The first kappa shape index (κ1) is 32.3. The number of hydrogen-bond donors (Lipinski definition) is 2. The number of nitrogens with zero attached hydrogens (tertiary/aromatic N) is 9. The first-order valence-corrected chi connectivity index (χ1v) is 15.6. The van der Waals surface area contributed by atoms with E-state index in [2.05, 4.69) is 43.8 Å². The van der Waals surface area contributed by atoms with Crippen LogP contribution < -0.4 is 20.5 Å². The van der Waals surface area contributed by atoms with E-state index in [0.29, 0.717) is 68.8 Å². The minimum absolute atomic E-state index is 0.0663. The minimum atomic E-state index is -0.907. The van der Waals surface area contributed by atoms with Gasteiger partial charge in [0.15, 0.2) is 5.82 Å². The van der Waals surface area contributed by atoms with E-state index in [1.807, 2.05) is 65.6 Å². The monoisotopic (exact) mass is 625 g/mol. The second-order valence-corrected chi connectivity index (χ2v) is 11.4. The number of pyridine rings is 1. The zero-order chi connectivity index (χ0) is 32.5. The van der Waals surface area contributed by atoms with Crippen molar-refractivity contribution in [2.24, 2.45) is 13.0 Å². The van der Waals surface area contributed by atoms with Crippen molar-refractivity contribution in [3.05, 3.63) is 78.4 Å². The van der Waals surface area contributed by atoms with Crippen LogP contribution in [-0.4, -0.2) is 74.7 Å². The Balaban J connectivity index is 1.26. The molecule has 4 aromatic rings. The lowest BCUT2D eigenvalue weighted by Crippen LogP contribution is -2.51. The number of benzene rings is 1. The van der Waals surface area contributed by atoms with E-state index in [4.69, 9.17) is 0 Å². The largest absolute Gasteiger partial charge is 0.354 e. The Morgan fingerprint density at radius 3 is 2.54 bits per heavy atom. The molecule has 13 heteroatoms. The molecule has 0 aliphatic carbocycles. The van der Waals surface area contributed by atoms with Crippen LogP contribution in [0.5, 0.6) is 0 Å². The van der Waals surface area contributed by atoms with Gasteiger partial charge in [-0.3, -0.25) is 15.0 Å². The van der Waals surface area contributed by atoms with Gasteiger partial charge in [0.2, 0.25) is 5.95 Å². The molecule has 1 aliphatic heterocycles. The van der Waals surface area contributed by atoms with Crippen molar-refractivity contribution in [2.75, 3.05) is 47.9 Å². The van der Waals surface area contributed by atoms with Gasteiger partial charge in [-0.25, -0.2) is 24.2 Å². The second kappa shape index (κ2) is 15.3. The summed E-state index contributed by atoms with van der Waals surface area (Å²) in [6, 6.07) is 15.5. The van der Waals surface area contributed by atoms with Crippen LogP contribution in [0.1, 0.15) is 37.8 Å². The fraction of sp³-hybridized carbons (Fsp3) is 0.394. The number of nitrogens with one attached hydrogen (secondary N) is 2. The first-order chi connectivity index (χ1) is 22.3. The Labute approximate surface area is 268 Å². The summed E-state index contributed by atoms with van der Waals surface area (Å²) in [6.07, 6.45) is 7.54. The van der Waals surface area contributed by atoms with Gasteiger partial charge >= 0.3 is 6.03 Å². The molecular formula is C33H40FN11O. The maximum Gasteiger partial charge on any atom is 0.323 e. The minimum Gasteiger partial charge on any atom is -0.354 e. The Morgan fingerprint density at radius 1 is 1.09 bits per heavy atom. The number of anilines is 3. The summed E-state index contributed by atoms with van der Waals surface area (Å²) in [7, 11) is 1.86. The van der Waals surface area contributed by atoms with Gasteiger partial charge in [-0.2, -0.15) is 15.3 Å². The van der Waals surface area contributed by atoms with Gasteiger partial charge in [0.1, 0.15) is 23.6 Å². The number of hydrogen-bond acceptors (Lipinski definition) is 9. The number of rotatable bonds is 14. The van der Waals surface area contributed by atoms with Crippen LogP contribution in [0.25, 0.3) is 11.1 Å².